The van der Waals surface area contributed by atoms with Crippen LogP contribution in [0.15, 0.2) is 71.1 Å². The summed E-state index contributed by atoms with van der Waals surface area (Å²) < 4.78 is 14.4. The standard InChI is InChI=1S/C21H15FN4O4S/c22-14-5-3-13(4-6-14)20(18-2-1-9-31-18)24-19(27)11-25-12-23-17-8-7-15(26(29)30)10-16(17)21(25)28/h1-10,12,20H,11H2,(H,24,27). The second-order valence-corrected chi connectivity index (χ2v) is 7.68. The third kappa shape index (κ3) is 4.33. The summed E-state index contributed by atoms with van der Waals surface area (Å²) >= 11 is 1.43. The van der Waals surface area contributed by atoms with Crippen molar-refractivity contribution < 1.29 is 14.1 Å². The molecule has 156 valence electrons. The van der Waals surface area contributed by atoms with E-state index in [1.165, 1.54) is 41.9 Å². The first-order valence-electron chi connectivity index (χ1n) is 9.14. The van der Waals surface area contributed by atoms with Crippen molar-refractivity contribution in [3.8, 4) is 0 Å². The van der Waals surface area contributed by atoms with Gasteiger partial charge >= 0.3 is 0 Å². The number of nitrogens with zero attached hydrogens (tertiary/aromatic N) is 3. The van der Waals surface area contributed by atoms with E-state index in [0.717, 1.165) is 15.5 Å². The summed E-state index contributed by atoms with van der Waals surface area (Å²) in [5, 5.41) is 15.8. The maximum absolute atomic E-state index is 13.3. The molecule has 2 aromatic heterocycles. The second kappa shape index (κ2) is 8.44. The number of rotatable bonds is 6. The van der Waals surface area contributed by atoms with Crippen LogP contribution in [0.1, 0.15) is 16.5 Å². The van der Waals surface area contributed by atoms with Crippen molar-refractivity contribution >= 4 is 33.8 Å². The molecule has 0 saturated heterocycles. The first-order valence-corrected chi connectivity index (χ1v) is 10.0. The summed E-state index contributed by atoms with van der Waals surface area (Å²) in [7, 11) is 0. The number of non-ortho nitro benzene ring substituents is 1. The van der Waals surface area contributed by atoms with Gasteiger partial charge in [-0.3, -0.25) is 24.3 Å². The van der Waals surface area contributed by atoms with Crippen molar-refractivity contribution in [3.05, 3.63) is 103 Å². The molecule has 0 fully saturated rings. The largest absolute Gasteiger partial charge is 0.343 e. The van der Waals surface area contributed by atoms with Gasteiger partial charge in [-0.25, -0.2) is 9.37 Å². The minimum absolute atomic E-state index is 0.0536. The zero-order chi connectivity index (χ0) is 22.0. The van der Waals surface area contributed by atoms with Crippen LogP contribution in [0.2, 0.25) is 0 Å². The Kier molecular flexibility index (Phi) is 5.54. The molecule has 2 heterocycles. The number of hydrogen-bond acceptors (Lipinski definition) is 6. The zero-order valence-corrected chi connectivity index (χ0v) is 16.7. The summed E-state index contributed by atoms with van der Waals surface area (Å²) in [5.74, 6) is -0.848. The van der Waals surface area contributed by atoms with Gasteiger partial charge in [0.25, 0.3) is 11.2 Å². The lowest BCUT2D eigenvalue weighted by Gasteiger charge is -2.18. The number of carbonyl (C=O) groups is 1. The van der Waals surface area contributed by atoms with E-state index in [4.69, 9.17) is 0 Å². The van der Waals surface area contributed by atoms with Crippen LogP contribution in [-0.4, -0.2) is 20.4 Å². The fourth-order valence-electron chi connectivity index (χ4n) is 3.16. The van der Waals surface area contributed by atoms with Crippen LogP contribution in [0.4, 0.5) is 10.1 Å². The van der Waals surface area contributed by atoms with Crippen LogP contribution < -0.4 is 10.9 Å². The van der Waals surface area contributed by atoms with E-state index >= 15 is 0 Å². The van der Waals surface area contributed by atoms with E-state index in [1.54, 1.807) is 12.1 Å². The highest BCUT2D eigenvalue weighted by atomic mass is 32.1. The van der Waals surface area contributed by atoms with Crippen LogP contribution in [0.5, 0.6) is 0 Å². The van der Waals surface area contributed by atoms with Crippen molar-refractivity contribution in [2.24, 2.45) is 0 Å². The fraction of sp³-hybridized carbons (Fsp3) is 0.0952. The Bertz CT molecular complexity index is 1320. The topological polar surface area (TPSA) is 107 Å². The van der Waals surface area contributed by atoms with Crippen LogP contribution >= 0.6 is 11.3 Å². The summed E-state index contributed by atoms with van der Waals surface area (Å²) in [5.41, 5.74) is 0.202. The molecule has 0 radical (unpaired) electrons. The van der Waals surface area contributed by atoms with E-state index in [0.29, 0.717) is 11.1 Å². The van der Waals surface area contributed by atoms with Gasteiger partial charge in [-0.2, -0.15) is 0 Å². The van der Waals surface area contributed by atoms with Gasteiger partial charge in [0.1, 0.15) is 12.4 Å². The van der Waals surface area contributed by atoms with Crippen LogP contribution in [0, 0.1) is 15.9 Å². The van der Waals surface area contributed by atoms with Gasteiger partial charge in [-0.1, -0.05) is 18.2 Å². The molecule has 4 aromatic rings. The summed E-state index contributed by atoms with van der Waals surface area (Å²) in [6, 6.07) is 12.8. The van der Waals surface area contributed by atoms with Gasteiger partial charge < -0.3 is 5.32 Å². The lowest BCUT2D eigenvalue weighted by molar-refractivity contribution is -0.384. The number of nitrogens with one attached hydrogen (secondary N) is 1. The Labute approximate surface area is 178 Å². The molecule has 2 aromatic carbocycles. The normalized spacial score (nSPS) is 11.9. The lowest BCUT2D eigenvalue weighted by Crippen LogP contribution is -2.35. The molecule has 1 N–H and O–H groups in total. The highest BCUT2D eigenvalue weighted by Crippen LogP contribution is 2.26. The highest BCUT2D eigenvalue weighted by Gasteiger charge is 2.19. The first-order chi connectivity index (χ1) is 14.9. The highest BCUT2D eigenvalue weighted by molar-refractivity contribution is 7.10. The number of aromatic nitrogens is 2. The van der Waals surface area contributed by atoms with Crippen molar-refractivity contribution in [2.75, 3.05) is 0 Å². The molecule has 8 nitrogen and oxygen atoms in total. The molecule has 0 aliphatic rings. The van der Waals surface area contributed by atoms with Gasteiger partial charge in [0.15, 0.2) is 0 Å². The molecule has 0 aliphatic carbocycles. The number of carbonyl (C=O) groups excluding carboxylic acids is 1. The number of thiophene rings is 1. The number of hydrogen-bond donors (Lipinski definition) is 1. The Balaban J connectivity index is 1.61. The number of fused-ring (bicyclic) bond motifs is 1. The fourth-order valence-corrected chi connectivity index (χ4v) is 3.97. The molecule has 1 unspecified atom stereocenters. The van der Waals surface area contributed by atoms with E-state index in [9.17, 15) is 24.1 Å². The van der Waals surface area contributed by atoms with Gasteiger partial charge in [0.05, 0.1) is 28.2 Å². The minimum atomic E-state index is -0.600. The minimum Gasteiger partial charge on any atom is -0.343 e. The van der Waals surface area contributed by atoms with Gasteiger partial charge in [-0.05, 0) is 35.2 Å². The molecule has 31 heavy (non-hydrogen) atoms. The van der Waals surface area contributed by atoms with E-state index < -0.39 is 22.4 Å². The molecule has 1 atom stereocenters. The summed E-state index contributed by atoms with van der Waals surface area (Å²) in [4.78, 5) is 40.8. The number of nitro groups is 1. The van der Waals surface area contributed by atoms with Crippen LogP contribution in [0.25, 0.3) is 10.9 Å². The predicted octanol–water partition coefficient (Wildman–Crippen LogP) is 3.41. The molecule has 0 spiro atoms. The average molecular weight is 438 g/mol. The second-order valence-electron chi connectivity index (χ2n) is 6.70. The third-order valence-electron chi connectivity index (χ3n) is 4.67. The monoisotopic (exact) mass is 438 g/mol. The van der Waals surface area contributed by atoms with E-state index in [2.05, 4.69) is 10.3 Å². The zero-order valence-electron chi connectivity index (χ0n) is 15.9. The molecule has 4 rings (SSSR count). The van der Waals surface area contributed by atoms with Gasteiger partial charge in [0.2, 0.25) is 5.91 Å². The molecule has 0 saturated carbocycles. The molecule has 0 bridgehead atoms. The van der Waals surface area contributed by atoms with Crippen LogP contribution in [0.3, 0.4) is 0 Å². The van der Waals surface area contributed by atoms with Crippen molar-refractivity contribution in [3.63, 3.8) is 0 Å². The van der Waals surface area contributed by atoms with Gasteiger partial charge in [-0.15, -0.1) is 11.3 Å². The average Bonchev–Trinajstić information content (AvgIpc) is 3.29. The number of benzene rings is 2. The van der Waals surface area contributed by atoms with Crippen LogP contribution in [-0.2, 0) is 11.3 Å². The third-order valence-corrected chi connectivity index (χ3v) is 5.61. The Hall–Kier alpha value is -3.92. The number of nitro benzene ring substituents is 1. The summed E-state index contributed by atoms with van der Waals surface area (Å²) in [6.07, 6.45) is 1.23. The number of halogens is 1. The van der Waals surface area contributed by atoms with Crippen molar-refractivity contribution in [1.29, 1.82) is 0 Å². The van der Waals surface area contributed by atoms with E-state index in [1.807, 2.05) is 17.5 Å². The first kappa shape index (κ1) is 20.4. The molecular formula is C21H15FN4O4S. The lowest BCUT2D eigenvalue weighted by atomic mass is 10.1. The quantitative estimate of drug-likeness (QED) is 0.367. The SMILES string of the molecule is O=C(Cn1cnc2ccc([N+](=O)[O-])cc2c1=O)NC(c1ccc(F)cc1)c1cccs1. The van der Waals surface area contributed by atoms with Crippen molar-refractivity contribution in [1.82, 2.24) is 14.9 Å². The predicted molar refractivity (Wildman–Crippen MR) is 113 cm³/mol. The molecule has 10 heteroatoms. The Morgan fingerprint density at radius 1 is 1.23 bits per heavy atom. The van der Waals surface area contributed by atoms with Gasteiger partial charge in [0, 0.05) is 17.0 Å². The van der Waals surface area contributed by atoms with Crippen molar-refractivity contribution in [2.45, 2.75) is 12.6 Å². The molecular weight excluding hydrogens is 423 g/mol. The number of amides is 1. The summed E-state index contributed by atoms with van der Waals surface area (Å²) in [6.45, 7) is -0.326. The maximum atomic E-state index is 13.3. The Morgan fingerprint density at radius 2 is 2.00 bits per heavy atom. The molecule has 1 amide bonds. The Morgan fingerprint density at radius 3 is 2.68 bits per heavy atom. The van der Waals surface area contributed by atoms with E-state index in [-0.39, 0.29) is 23.4 Å². The maximum Gasteiger partial charge on any atom is 0.270 e. The molecule has 0 aliphatic heterocycles. The smallest absolute Gasteiger partial charge is 0.270 e.